The summed E-state index contributed by atoms with van der Waals surface area (Å²) < 4.78 is 6.18. The molecule has 2 aromatic rings. The zero-order valence-corrected chi connectivity index (χ0v) is 11.8. The Kier molecular flexibility index (Phi) is 4.28. The zero-order chi connectivity index (χ0) is 13.8. The predicted octanol–water partition coefficient (Wildman–Crippen LogP) is 3.38. The van der Waals surface area contributed by atoms with Crippen LogP contribution in [0.4, 0.5) is 5.69 Å². The number of benzene rings is 1. The number of hydrogen-bond acceptors (Lipinski definition) is 5. The maximum atomic E-state index is 10.9. The number of ether oxygens (including phenoxy) is 1. The van der Waals surface area contributed by atoms with E-state index < -0.39 is 10.6 Å². The standard InChI is InChI=1S/C11H7BrClN3O3/c12-8-4-2-1-3-7(8)5-19-11-9(16(17)18)10(13)14-6-15-11/h1-4,6H,5H2. The molecular formula is C11H7BrClN3O3. The van der Waals surface area contributed by atoms with Crippen molar-refractivity contribution in [2.24, 2.45) is 0 Å². The Balaban J connectivity index is 2.23. The Labute approximate surface area is 121 Å². The number of hydrogen-bond donors (Lipinski definition) is 0. The van der Waals surface area contributed by atoms with Crippen molar-refractivity contribution in [3.8, 4) is 5.88 Å². The molecule has 0 amide bonds. The molecule has 19 heavy (non-hydrogen) atoms. The number of aromatic nitrogens is 2. The Bertz CT molecular complexity index is 624. The van der Waals surface area contributed by atoms with Gasteiger partial charge >= 0.3 is 5.69 Å². The molecule has 0 fully saturated rings. The van der Waals surface area contributed by atoms with Gasteiger partial charge in [0.2, 0.25) is 5.15 Å². The van der Waals surface area contributed by atoms with E-state index in [-0.39, 0.29) is 17.6 Å². The molecule has 0 bridgehead atoms. The molecule has 0 radical (unpaired) electrons. The fourth-order valence-corrected chi connectivity index (χ4v) is 1.96. The van der Waals surface area contributed by atoms with Crippen LogP contribution in [0.5, 0.6) is 5.88 Å². The quantitative estimate of drug-likeness (QED) is 0.482. The van der Waals surface area contributed by atoms with Crippen LogP contribution >= 0.6 is 27.5 Å². The summed E-state index contributed by atoms with van der Waals surface area (Å²) in [6, 6.07) is 7.38. The van der Waals surface area contributed by atoms with E-state index in [1.807, 2.05) is 24.3 Å². The van der Waals surface area contributed by atoms with Crippen LogP contribution in [0.15, 0.2) is 35.1 Å². The summed E-state index contributed by atoms with van der Waals surface area (Å²) in [4.78, 5) is 17.5. The number of halogens is 2. The van der Waals surface area contributed by atoms with Gasteiger partial charge in [-0.2, -0.15) is 4.98 Å². The lowest BCUT2D eigenvalue weighted by atomic mass is 10.2. The Morgan fingerprint density at radius 2 is 2.11 bits per heavy atom. The van der Waals surface area contributed by atoms with Crippen LogP contribution < -0.4 is 4.74 Å². The van der Waals surface area contributed by atoms with Gasteiger partial charge < -0.3 is 4.74 Å². The van der Waals surface area contributed by atoms with Crippen LogP contribution in [0.1, 0.15) is 5.56 Å². The first-order valence-electron chi connectivity index (χ1n) is 5.10. The van der Waals surface area contributed by atoms with Crippen molar-refractivity contribution < 1.29 is 9.66 Å². The summed E-state index contributed by atoms with van der Waals surface area (Å²) in [5.74, 6) is -0.152. The molecule has 0 unspecified atom stereocenters. The lowest BCUT2D eigenvalue weighted by Crippen LogP contribution is -2.03. The minimum atomic E-state index is -0.669. The Morgan fingerprint density at radius 3 is 2.79 bits per heavy atom. The first-order valence-corrected chi connectivity index (χ1v) is 6.27. The van der Waals surface area contributed by atoms with Crippen LogP contribution in [0.3, 0.4) is 0 Å². The summed E-state index contributed by atoms with van der Waals surface area (Å²) in [7, 11) is 0. The van der Waals surface area contributed by atoms with Crippen molar-refractivity contribution in [2.45, 2.75) is 6.61 Å². The number of nitro groups is 1. The highest BCUT2D eigenvalue weighted by atomic mass is 79.9. The van der Waals surface area contributed by atoms with Crippen LogP contribution in [-0.4, -0.2) is 14.9 Å². The van der Waals surface area contributed by atoms with Crippen LogP contribution in [0.25, 0.3) is 0 Å². The summed E-state index contributed by atoms with van der Waals surface area (Å²) in [6.07, 6.45) is 1.12. The van der Waals surface area contributed by atoms with Crippen LogP contribution in [0, 0.1) is 10.1 Å². The lowest BCUT2D eigenvalue weighted by Gasteiger charge is -2.07. The molecule has 1 aromatic heterocycles. The van der Waals surface area contributed by atoms with Gasteiger partial charge in [0.25, 0.3) is 5.88 Å². The largest absolute Gasteiger partial charge is 0.468 e. The highest BCUT2D eigenvalue weighted by molar-refractivity contribution is 9.10. The second kappa shape index (κ2) is 5.94. The molecule has 1 heterocycles. The van der Waals surface area contributed by atoms with Gasteiger partial charge in [-0.25, -0.2) is 4.98 Å². The first-order chi connectivity index (χ1) is 9.09. The molecule has 0 N–H and O–H groups in total. The van der Waals surface area contributed by atoms with E-state index in [2.05, 4.69) is 25.9 Å². The van der Waals surface area contributed by atoms with Crippen molar-refractivity contribution in [1.82, 2.24) is 9.97 Å². The average Bonchev–Trinajstić information content (AvgIpc) is 2.37. The Morgan fingerprint density at radius 1 is 1.37 bits per heavy atom. The molecule has 0 aliphatic rings. The van der Waals surface area contributed by atoms with Gasteiger partial charge in [-0.15, -0.1) is 0 Å². The fourth-order valence-electron chi connectivity index (χ4n) is 1.36. The van der Waals surface area contributed by atoms with Gasteiger partial charge in [-0.05, 0) is 6.07 Å². The molecular weight excluding hydrogens is 337 g/mol. The molecule has 0 saturated carbocycles. The third-order valence-electron chi connectivity index (χ3n) is 2.25. The van der Waals surface area contributed by atoms with E-state index in [9.17, 15) is 10.1 Å². The van der Waals surface area contributed by atoms with Gasteiger partial charge in [0.15, 0.2) is 0 Å². The number of nitrogens with zero attached hydrogens (tertiary/aromatic N) is 3. The molecule has 0 spiro atoms. The van der Waals surface area contributed by atoms with E-state index in [0.717, 1.165) is 16.4 Å². The number of rotatable bonds is 4. The van der Waals surface area contributed by atoms with Gasteiger partial charge in [-0.3, -0.25) is 10.1 Å². The summed E-state index contributed by atoms with van der Waals surface area (Å²) in [6.45, 7) is 0.135. The fraction of sp³-hybridized carbons (Fsp3) is 0.0909. The third kappa shape index (κ3) is 3.18. The van der Waals surface area contributed by atoms with Crippen molar-refractivity contribution >= 4 is 33.2 Å². The second-order valence-corrected chi connectivity index (χ2v) is 4.67. The smallest absolute Gasteiger partial charge is 0.367 e. The van der Waals surface area contributed by atoms with Crippen molar-refractivity contribution in [3.63, 3.8) is 0 Å². The molecule has 8 heteroatoms. The van der Waals surface area contributed by atoms with Crippen molar-refractivity contribution in [1.29, 1.82) is 0 Å². The molecule has 2 rings (SSSR count). The van der Waals surface area contributed by atoms with E-state index in [1.165, 1.54) is 0 Å². The molecule has 0 aliphatic carbocycles. The maximum Gasteiger partial charge on any atom is 0.367 e. The van der Waals surface area contributed by atoms with Crippen LogP contribution in [-0.2, 0) is 6.61 Å². The van der Waals surface area contributed by atoms with Gasteiger partial charge in [0.05, 0.1) is 4.92 Å². The summed E-state index contributed by atoms with van der Waals surface area (Å²) >= 11 is 9.01. The normalized spacial score (nSPS) is 10.2. The minimum Gasteiger partial charge on any atom is -0.468 e. The molecule has 0 atom stereocenters. The second-order valence-electron chi connectivity index (χ2n) is 3.46. The van der Waals surface area contributed by atoms with E-state index in [4.69, 9.17) is 16.3 Å². The summed E-state index contributed by atoms with van der Waals surface area (Å²) in [5.41, 5.74) is 0.405. The Hall–Kier alpha value is -1.73. The predicted molar refractivity (Wildman–Crippen MR) is 72.2 cm³/mol. The van der Waals surface area contributed by atoms with Gasteiger partial charge in [0, 0.05) is 10.0 Å². The van der Waals surface area contributed by atoms with Crippen molar-refractivity contribution in [2.75, 3.05) is 0 Å². The van der Waals surface area contributed by atoms with E-state index in [0.29, 0.717) is 0 Å². The lowest BCUT2D eigenvalue weighted by molar-refractivity contribution is -0.386. The molecule has 6 nitrogen and oxygen atoms in total. The molecule has 1 aromatic carbocycles. The molecule has 98 valence electrons. The first kappa shape index (κ1) is 13.7. The monoisotopic (exact) mass is 343 g/mol. The highest BCUT2D eigenvalue weighted by Gasteiger charge is 2.23. The highest BCUT2D eigenvalue weighted by Crippen LogP contribution is 2.31. The van der Waals surface area contributed by atoms with Crippen LogP contribution in [0.2, 0.25) is 5.15 Å². The average molecular weight is 345 g/mol. The van der Waals surface area contributed by atoms with Crippen molar-refractivity contribution in [3.05, 3.63) is 55.9 Å². The maximum absolute atomic E-state index is 10.9. The molecule has 0 aliphatic heterocycles. The van der Waals surface area contributed by atoms with E-state index >= 15 is 0 Å². The topological polar surface area (TPSA) is 78.2 Å². The van der Waals surface area contributed by atoms with E-state index in [1.54, 1.807) is 0 Å². The zero-order valence-electron chi connectivity index (χ0n) is 9.42. The third-order valence-corrected chi connectivity index (χ3v) is 3.30. The molecule has 0 saturated heterocycles. The van der Waals surface area contributed by atoms with Gasteiger partial charge in [0.1, 0.15) is 12.9 Å². The SMILES string of the molecule is O=[N+]([O-])c1c(Cl)ncnc1OCc1ccccc1Br. The summed E-state index contributed by atoms with van der Waals surface area (Å²) in [5, 5.41) is 10.6. The minimum absolute atomic E-state index is 0.135. The van der Waals surface area contributed by atoms with Gasteiger partial charge in [-0.1, -0.05) is 45.7 Å².